The summed E-state index contributed by atoms with van der Waals surface area (Å²) in [4.78, 5) is 0.0535. The Morgan fingerprint density at radius 2 is 2.10 bits per heavy atom. The molecule has 160 valence electrons. The molecule has 2 aromatic rings. The zero-order valence-corrected chi connectivity index (χ0v) is 18.6. The molecular weight excluding hydrogens is 419 g/mol. The van der Waals surface area contributed by atoms with Crippen LogP contribution in [0.2, 0.25) is 5.02 Å². The summed E-state index contributed by atoms with van der Waals surface area (Å²) < 4.78 is 46.7. The highest BCUT2D eigenvalue weighted by molar-refractivity contribution is 7.89. The molecule has 1 heterocycles. The summed E-state index contributed by atoms with van der Waals surface area (Å²) in [7, 11) is 0.851. The van der Waals surface area contributed by atoms with Gasteiger partial charge in [0.05, 0.1) is 36.1 Å². The van der Waals surface area contributed by atoms with Crippen molar-refractivity contribution >= 4 is 21.6 Å². The highest BCUT2D eigenvalue weighted by Crippen LogP contribution is 2.27. The van der Waals surface area contributed by atoms with Gasteiger partial charge in [-0.2, -0.15) is 5.10 Å². The van der Waals surface area contributed by atoms with Crippen molar-refractivity contribution in [2.45, 2.75) is 31.4 Å². The first-order valence-electron chi connectivity index (χ1n) is 9.00. The first-order valence-corrected chi connectivity index (χ1v) is 10.8. The second-order valence-corrected chi connectivity index (χ2v) is 9.30. The molecule has 1 aromatic carbocycles. The van der Waals surface area contributed by atoms with Gasteiger partial charge in [-0.25, -0.2) is 17.1 Å². The number of hydrogen-bond acceptors (Lipinski definition) is 4. The van der Waals surface area contributed by atoms with Crippen molar-refractivity contribution in [2.24, 2.45) is 0 Å². The quantitative estimate of drug-likeness (QED) is 0.638. The first kappa shape index (κ1) is 23.5. The third-order valence-electron chi connectivity index (χ3n) is 4.45. The predicted molar refractivity (Wildman–Crippen MR) is 110 cm³/mol. The van der Waals surface area contributed by atoms with Gasteiger partial charge in [-0.15, -0.1) is 0 Å². The molecule has 10 heteroatoms. The number of nitrogens with zero attached hydrogens (tertiary/aromatic N) is 3. The number of benzene rings is 1. The normalized spacial score (nSPS) is 12.8. The average Bonchev–Trinajstić information content (AvgIpc) is 2.90. The molecule has 0 saturated heterocycles. The molecule has 3 N–H and O–H groups in total. The van der Waals surface area contributed by atoms with Gasteiger partial charge in [0.25, 0.3) is 0 Å². The topological polar surface area (TPSA) is 92.1 Å². The number of allylic oxidation sites excluding steroid dienone is 1. The molecular formula is C19H27ClFN4O3S+. The SMILES string of the molecule is COCc1c(Cc2ccc(S(=O)(=O)N(C)C)c(Cl)c2)c(C)nn1C/C(F)=C/C[NH3+]. The number of sulfonamides is 1. The van der Waals surface area contributed by atoms with Gasteiger partial charge in [-0.1, -0.05) is 17.7 Å². The van der Waals surface area contributed by atoms with E-state index in [4.69, 9.17) is 16.3 Å². The minimum atomic E-state index is -3.63. The Kier molecular flexibility index (Phi) is 7.95. The van der Waals surface area contributed by atoms with Gasteiger partial charge in [0, 0.05) is 39.3 Å². The maximum Gasteiger partial charge on any atom is 0.244 e. The number of quaternary nitrogens is 1. The third kappa shape index (κ3) is 5.43. The van der Waals surface area contributed by atoms with Gasteiger partial charge in [0.2, 0.25) is 10.0 Å². The van der Waals surface area contributed by atoms with Crippen LogP contribution in [0.25, 0.3) is 0 Å². The molecule has 1 aromatic heterocycles. The van der Waals surface area contributed by atoms with Gasteiger partial charge in [0.15, 0.2) is 0 Å². The Labute approximate surface area is 175 Å². The zero-order valence-electron chi connectivity index (χ0n) is 17.1. The summed E-state index contributed by atoms with van der Waals surface area (Å²) in [6.45, 7) is 2.49. The number of halogens is 2. The fraction of sp³-hybridized carbons (Fsp3) is 0.421. The van der Waals surface area contributed by atoms with E-state index in [1.165, 1.54) is 26.2 Å². The second kappa shape index (κ2) is 9.82. The molecule has 0 fully saturated rings. The minimum Gasteiger partial charge on any atom is -0.378 e. The van der Waals surface area contributed by atoms with Crippen molar-refractivity contribution in [1.82, 2.24) is 14.1 Å². The van der Waals surface area contributed by atoms with Crippen LogP contribution in [0.1, 0.15) is 22.5 Å². The lowest BCUT2D eigenvalue weighted by atomic mass is 10.0. The van der Waals surface area contributed by atoms with Crippen molar-refractivity contribution < 1.29 is 23.3 Å². The standard InChI is InChI=1S/C19H26ClFN4O3S/c1-13-16(18(12-28-4)25(23-13)11-15(21)7-8-22)9-14-5-6-19(17(20)10-14)29(26,27)24(2)3/h5-7,10H,8-9,11-12,22H2,1-4H3/p+1/b15-7-. The van der Waals surface area contributed by atoms with Crippen molar-refractivity contribution in [3.05, 3.63) is 57.6 Å². The van der Waals surface area contributed by atoms with Crippen LogP contribution in [0.15, 0.2) is 35.0 Å². The Hall–Kier alpha value is -1.78. The maximum absolute atomic E-state index is 14.0. The summed E-state index contributed by atoms with van der Waals surface area (Å²) in [5, 5.41) is 4.60. The molecule has 0 atom stereocenters. The monoisotopic (exact) mass is 445 g/mol. The number of rotatable bonds is 9. The van der Waals surface area contributed by atoms with Gasteiger partial charge < -0.3 is 10.5 Å². The largest absolute Gasteiger partial charge is 0.378 e. The number of ether oxygens (including phenoxy) is 1. The van der Waals surface area contributed by atoms with E-state index in [9.17, 15) is 12.8 Å². The van der Waals surface area contributed by atoms with Crippen LogP contribution in [-0.4, -0.2) is 50.3 Å². The third-order valence-corrected chi connectivity index (χ3v) is 6.75. The fourth-order valence-electron chi connectivity index (χ4n) is 2.95. The molecule has 0 spiro atoms. The van der Waals surface area contributed by atoms with Crippen LogP contribution in [0.4, 0.5) is 4.39 Å². The van der Waals surface area contributed by atoms with Crippen molar-refractivity contribution in [2.75, 3.05) is 27.7 Å². The lowest BCUT2D eigenvalue weighted by Crippen LogP contribution is -2.49. The molecule has 0 radical (unpaired) electrons. The summed E-state index contributed by atoms with van der Waals surface area (Å²) >= 11 is 6.26. The van der Waals surface area contributed by atoms with Crippen molar-refractivity contribution in [3.63, 3.8) is 0 Å². The lowest BCUT2D eigenvalue weighted by molar-refractivity contribution is -0.353. The van der Waals surface area contributed by atoms with Crippen LogP contribution >= 0.6 is 11.6 Å². The molecule has 7 nitrogen and oxygen atoms in total. The number of aryl methyl sites for hydroxylation is 1. The van der Waals surface area contributed by atoms with Gasteiger partial charge in [-0.05, 0) is 24.6 Å². The number of hydrogen-bond donors (Lipinski definition) is 1. The zero-order chi connectivity index (χ0) is 21.8. The van der Waals surface area contributed by atoms with Crippen molar-refractivity contribution in [3.8, 4) is 0 Å². The molecule has 0 bridgehead atoms. The van der Waals surface area contributed by atoms with Crippen molar-refractivity contribution in [1.29, 1.82) is 0 Å². The fourth-order valence-corrected chi connectivity index (χ4v) is 4.39. The molecule has 2 rings (SSSR count). The highest BCUT2D eigenvalue weighted by Gasteiger charge is 2.22. The molecule has 0 amide bonds. The van der Waals surface area contributed by atoms with E-state index >= 15 is 0 Å². The summed E-state index contributed by atoms with van der Waals surface area (Å²) in [5.74, 6) is -0.312. The molecule has 0 aliphatic heterocycles. The highest BCUT2D eigenvalue weighted by atomic mass is 35.5. The van der Waals surface area contributed by atoms with Crippen LogP contribution in [0.3, 0.4) is 0 Å². The van der Waals surface area contributed by atoms with E-state index in [0.29, 0.717) is 13.0 Å². The molecule has 0 aliphatic carbocycles. The minimum absolute atomic E-state index is 0.00975. The van der Waals surface area contributed by atoms with Crippen LogP contribution in [0, 0.1) is 6.92 Å². The van der Waals surface area contributed by atoms with Gasteiger partial charge in [-0.3, -0.25) is 4.68 Å². The molecule has 0 saturated carbocycles. The molecule has 0 aliphatic rings. The summed E-state index contributed by atoms with van der Waals surface area (Å²) in [6.07, 6.45) is 1.88. The van der Waals surface area contributed by atoms with E-state index in [2.05, 4.69) is 10.8 Å². The number of aromatic nitrogens is 2. The van der Waals surface area contributed by atoms with E-state index in [1.54, 1.807) is 23.9 Å². The van der Waals surface area contributed by atoms with E-state index in [1.807, 2.05) is 6.92 Å². The number of methoxy groups -OCH3 is 1. The second-order valence-electron chi connectivity index (χ2n) is 6.77. The van der Waals surface area contributed by atoms with Gasteiger partial charge in [0.1, 0.15) is 10.7 Å². The van der Waals surface area contributed by atoms with Crippen LogP contribution in [-0.2, 0) is 34.3 Å². The molecule has 29 heavy (non-hydrogen) atoms. The van der Waals surface area contributed by atoms with Crippen LogP contribution < -0.4 is 5.73 Å². The summed E-state index contributed by atoms with van der Waals surface area (Å²) in [6, 6.07) is 4.85. The van der Waals surface area contributed by atoms with Crippen LogP contribution in [0.5, 0.6) is 0 Å². The lowest BCUT2D eigenvalue weighted by Gasteiger charge is -2.14. The maximum atomic E-state index is 14.0. The Bertz CT molecular complexity index is 1000. The Morgan fingerprint density at radius 3 is 2.66 bits per heavy atom. The average molecular weight is 446 g/mol. The Balaban J connectivity index is 2.40. The van der Waals surface area contributed by atoms with E-state index in [0.717, 1.165) is 26.8 Å². The molecule has 0 unspecified atom stereocenters. The predicted octanol–water partition coefficient (Wildman–Crippen LogP) is 1.93. The first-order chi connectivity index (χ1) is 13.6. The summed E-state index contributed by atoms with van der Waals surface area (Å²) in [5.41, 5.74) is 6.85. The Morgan fingerprint density at radius 1 is 1.41 bits per heavy atom. The van der Waals surface area contributed by atoms with E-state index in [-0.39, 0.29) is 28.9 Å². The van der Waals surface area contributed by atoms with Gasteiger partial charge >= 0.3 is 0 Å². The van der Waals surface area contributed by atoms with E-state index < -0.39 is 10.0 Å². The smallest absolute Gasteiger partial charge is 0.244 e.